The SMILES string of the molecule is CC1CCCC1Cn1cncc1CO. The second-order valence-electron chi connectivity index (χ2n) is 4.36. The van der Waals surface area contributed by atoms with Crippen molar-refractivity contribution < 1.29 is 5.11 Å². The molecular formula is C11H18N2O. The first-order valence-corrected chi connectivity index (χ1v) is 5.41. The van der Waals surface area contributed by atoms with Crippen molar-refractivity contribution in [3.8, 4) is 0 Å². The Hall–Kier alpha value is -0.830. The van der Waals surface area contributed by atoms with E-state index < -0.39 is 0 Å². The molecule has 0 spiro atoms. The average Bonchev–Trinajstić information content (AvgIpc) is 2.77. The van der Waals surface area contributed by atoms with Crippen molar-refractivity contribution in [1.29, 1.82) is 0 Å². The van der Waals surface area contributed by atoms with Crippen molar-refractivity contribution in [2.24, 2.45) is 11.8 Å². The molecule has 1 N–H and O–H groups in total. The van der Waals surface area contributed by atoms with E-state index in [0.717, 1.165) is 24.1 Å². The van der Waals surface area contributed by atoms with E-state index in [-0.39, 0.29) is 6.61 Å². The molecule has 2 atom stereocenters. The van der Waals surface area contributed by atoms with Crippen LogP contribution < -0.4 is 0 Å². The Morgan fingerprint density at radius 2 is 2.43 bits per heavy atom. The first-order chi connectivity index (χ1) is 6.81. The van der Waals surface area contributed by atoms with Gasteiger partial charge >= 0.3 is 0 Å². The molecule has 3 nitrogen and oxygen atoms in total. The van der Waals surface area contributed by atoms with E-state index in [9.17, 15) is 0 Å². The Bertz CT molecular complexity index is 295. The number of aliphatic hydroxyl groups is 1. The zero-order chi connectivity index (χ0) is 9.97. The van der Waals surface area contributed by atoms with E-state index in [4.69, 9.17) is 5.11 Å². The second-order valence-corrected chi connectivity index (χ2v) is 4.36. The summed E-state index contributed by atoms with van der Waals surface area (Å²) < 4.78 is 2.09. The molecule has 1 heterocycles. The molecule has 14 heavy (non-hydrogen) atoms. The Balaban J connectivity index is 2.02. The smallest absolute Gasteiger partial charge is 0.0948 e. The van der Waals surface area contributed by atoms with Gasteiger partial charge in [0.25, 0.3) is 0 Å². The van der Waals surface area contributed by atoms with Gasteiger partial charge in [0.15, 0.2) is 0 Å². The van der Waals surface area contributed by atoms with Crippen LogP contribution in [0, 0.1) is 11.8 Å². The zero-order valence-corrected chi connectivity index (χ0v) is 8.69. The summed E-state index contributed by atoms with van der Waals surface area (Å²) >= 11 is 0. The Labute approximate surface area is 84.8 Å². The number of imidazole rings is 1. The monoisotopic (exact) mass is 194 g/mol. The van der Waals surface area contributed by atoms with Gasteiger partial charge in [0, 0.05) is 6.54 Å². The van der Waals surface area contributed by atoms with Crippen molar-refractivity contribution in [2.45, 2.75) is 39.3 Å². The Kier molecular flexibility index (Phi) is 2.87. The second kappa shape index (κ2) is 4.13. The van der Waals surface area contributed by atoms with Gasteiger partial charge in [0.1, 0.15) is 0 Å². The summed E-state index contributed by atoms with van der Waals surface area (Å²) in [5.41, 5.74) is 0.934. The standard InChI is InChI=1S/C11H18N2O/c1-9-3-2-4-10(9)6-13-8-12-5-11(13)7-14/h5,8-10,14H,2-4,6-7H2,1H3. The van der Waals surface area contributed by atoms with Gasteiger partial charge in [-0.2, -0.15) is 0 Å². The maximum atomic E-state index is 9.09. The molecular weight excluding hydrogens is 176 g/mol. The molecule has 2 unspecified atom stereocenters. The van der Waals surface area contributed by atoms with Gasteiger partial charge in [-0.15, -0.1) is 0 Å². The fraction of sp³-hybridized carbons (Fsp3) is 0.727. The van der Waals surface area contributed by atoms with E-state index >= 15 is 0 Å². The molecule has 0 saturated heterocycles. The van der Waals surface area contributed by atoms with Gasteiger partial charge in [0.2, 0.25) is 0 Å². The van der Waals surface area contributed by atoms with Gasteiger partial charge in [-0.05, 0) is 18.3 Å². The first-order valence-electron chi connectivity index (χ1n) is 5.41. The van der Waals surface area contributed by atoms with E-state index in [1.165, 1.54) is 19.3 Å². The van der Waals surface area contributed by atoms with Crippen LogP contribution in [0.25, 0.3) is 0 Å². The minimum Gasteiger partial charge on any atom is -0.390 e. The first kappa shape index (κ1) is 9.71. The predicted octanol–water partition coefficient (Wildman–Crippen LogP) is 1.81. The highest BCUT2D eigenvalue weighted by atomic mass is 16.3. The van der Waals surface area contributed by atoms with Crippen LogP contribution in [0.5, 0.6) is 0 Å². The molecule has 1 aliphatic carbocycles. The maximum Gasteiger partial charge on any atom is 0.0948 e. The molecule has 2 rings (SSSR count). The molecule has 0 aliphatic heterocycles. The third-order valence-corrected chi connectivity index (χ3v) is 3.43. The third kappa shape index (κ3) is 1.82. The highest BCUT2D eigenvalue weighted by molar-refractivity contribution is 4.96. The highest BCUT2D eigenvalue weighted by Gasteiger charge is 2.23. The lowest BCUT2D eigenvalue weighted by molar-refractivity contribution is 0.263. The molecule has 0 radical (unpaired) electrons. The lowest BCUT2D eigenvalue weighted by Gasteiger charge is -2.16. The number of rotatable bonds is 3. The minimum atomic E-state index is 0.0983. The molecule has 0 bridgehead atoms. The van der Waals surface area contributed by atoms with E-state index in [1.54, 1.807) is 6.20 Å². The van der Waals surface area contributed by atoms with Gasteiger partial charge in [-0.25, -0.2) is 4.98 Å². The maximum absolute atomic E-state index is 9.09. The Morgan fingerprint density at radius 3 is 3.07 bits per heavy atom. The summed E-state index contributed by atoms with van der Waals surface area (Å²) in [6, 6.07) is 0. The van der Waals surface area contributed by atoms with Gasteiger partial charge in [0.05, 0.1) is 24.8 Å². The van der Waals surface area contributed by atoms with Gasteiger partial charge < -0.3 is 9.67 Å². The highest BCUT2D eigenvalue weighted by Crippen LogP contribution is 2.32. The van der Waals surface area contributed by atoms with Gasteiger partial charge in [-0.1, -0.05) is 19.8 Å². The van der Waals surface area contributed by atoms with Crippen LogP contribution in [0.15, 0.2) is 12.5 Å². The van der Waals surface area contributed by atoms with Gasteiger partial charge in [-0.3, -0.25) is 0 Å². The molecule has 78 valence electrons. The van der Waals surface area contributed by atoms with Crippen LogP contribution >= 0.6 is 0 Å². The number of hydrogen-bond donors (Lipinski definition) is 1. The fourth-order valence-corrected chi connectivity index (χ4v) is 2.39. The summed E-state index contributed by atoms with van der Waals surface area (Å²) in [5.74, 6) is 1.60. The molecule has 1 aromatic heterocycles. The van der Waals surface area contributed by atoms with Crippen molar-refractivity contribution >= 4 is 0 Å². The number of aliphatic hydroxyl groups excluding tert-OH is 1. The molecule has 1 saturated carbocycles. The molecule has 3 heteroatoms. The molecule has 1 aliphatic rings. The van der Waals surface area contributed by atoms with Crippen LogP contribution in [0.2, 0.25) is 0 Å². The van der Waals surface area contributed by atoms with Crippen LogP contribution in [0.1, 0.15) is 31.9 Å². The van der Waals surface area contributed by atoms with Crippen molar-refractivity contribution in [1.82, 2.24) is 9.55 Å². The van der Waals surface area contributed by atoms with E-state index in [2.05, 4.69) is 16.5 Å². The minimum absolute atomic E-state index is 0.0983. The van der Waals surface area contributed by atoms with Crippen molar-refractivity contribution in [2.75, 3.05) is 0 Å². The quantitative estimate of drug-likeness (QED) is 0.797. The number of nitrogens with zero attached hydrogens (tertiary/aromatic N) is 2. The summed E-state index contributed by atoms with van der Waals surface area (Å²) in [4.78, 5) is 4.06. The van der Waals surface area contributed by atoms with Crippen molar-refractivity contribution in [3.63, 3.8) is 0 Å². The summed E-state index contributed by atoms with van der Waals surface area (Å²) in [5, 5.41) is 9.09. The predicted molar refractivity (Wildman–Crippen MR) is 54.7 cm³/mol. The topological polar surface area (TPSA) is 38.0 Å². The molecule has 1 aromatic rings. The van der Waals surface area contributed by atoms with Crippen LogP contribution in [-0.2, 0) is 13.2 Å². The largest absolute Gasteiger partial charge is 0.390 e. The van der Waals surface area contributed by atoms with E-state index in [1.807, 2.05) is 6.33 Å². The van der Waals surface area contributed by atoms with Crippen molar-refractivity contribution in [3.05, 3.63) is 18.2 Å². The number of hydrogen-bond acceptors (Lipinski definition) is 2. The fourth-order valence-electron chi connectivity index (χ4n) is 2.39. The third-order valence-electron chi connectivity index (χ3n) is 3.43. The van der Waals surface area contributed by atoms with Crippen LogP contribution in [0.4, 0.5) is 0 Å². The number of aromatic nitrogens is 2. The Morgan fingerprint density at radius 1 is 1.57 bits per heavy atom. The summed E-state index contributed by atoms with van der Waals surface area (Å²) in [6.07, 6.45) is 7.61. The molecule has 0 aromatic carbocycles. The molecule has 1 fully saturated rings. The molecule has 0 amide bonds. The van der Waals surface area contributed by atoms with E-state index in [0.29, 0.717) is 0 Å². The summed E-state index contributed by atoms with van der Waals surface area (Å²) in [6.45, 7) is 3.45. The normalized spacial score (nSPS) is 27.0. The zero-order valence-electron chi connectivity index (χ0n) is 8.69. The van der Waals surface area contributed by atoms with Crippen LogP contribution in [0.3, 0.4) is 0 Å². The lowest BCUT2D eigenvalue weighted by Crippen LogP contribution is -2.14. The lowest BCUT2D eigenvalue weighted by atomic mass is 9.98. The van der Waals surface area contributed by atoms with Crippen LogP contribution in [-0.4, -0.2) is 14.7 Å². The average molecular weight is 194 g/mol. The summed E-state index contributed by atoms with van der Waals surface area (Å²) in [7, 11) is 0.